The lowest BCUT2D eigenvalue weighted by Gasteiger charge is -2.15. The highest BCUT2D eigenvalue weighted by atomic mass is 16.5. The second-order valence-corrected chi connectivity index (χ2v) is 4.40. The number of hydrogen-bond acceptors (Lipinski definition) is 6. The van der Waals surface area contributed by atoms with Crippen LogP contribution >= 0.6 is 0 Å². The van der Waals surface area contributed by atoms with Gasteiger partial charge in [-0.15, -0.1) is 24.7 Å². The minimum atomic E-state index is -0.618. The van der Waals surface area contributed by atoms with Gasteiger partial charge in [0.05, 0.1) is 24.3 Å². The van der Waals surface area contributed by atoms with Gasteiger partial charge < -0.3 is 9.47 Å². The molecule has 1 aromatic carbocycles. The maximum atomic E-state index is 11.9. The molecule has 0 saturated heterocycles. The lowest BCUT2D eigenvalue weighted by atomic mass is 10.1. The second kappa shape index (κ2) is 9.74. The minimum absolute atomic E-state index is 0.0822. The molecule has 8 heteroatoms. The number of nitrogens with two attached hydrogens (primary N) is 2. The van der Waals surface area contributed by atoms with Gasteiger partial charge >= 0.3 is 0 Å². The van der Waals surface area contributed by atoms with E-state index in [2.05, 4.69) is 11.8 Å². The number of hydrogen-bond donors (Lipinski definition) is 4. The van der Waals surface area contributed by atoms with E-state index in [0.29, 0.717) is 12.8 Å². The first-order valence-electron chi connectivity index (χ1n) is 6.91. The van der Waals surface area contributed by atoms with E-state index < -0.39 is 11.8 Å². The number of carbonyl (C=O) groups is 2. The van der Waals surface area contributed by atoms with Crippen LogP contribution in [0.4, 0.5) is 0 Å². The van der Waals surface area contributed by atoms with Crippen LogP contribution < -0.4 is 32.0 Å². The zero-order valence-electron chi connectivity index (χ0n) is 12.9. The molecule has 0 aliphatic heterocycles. The summed E-state index contributed by atoms with van der Waals surface area (Å²) in [6.45, 7) is 0.310. The number of nitrogens with one attached hydrogen (secondary N) is 2. The van der Waals surface area contributed by atoms with Crippen LogP contribution in [0.1, 0.15) is 33.6 Å². The van der Waals surface area contributed by atoms with Gasteiger partial charge in [-0.3, -0.25) is 20.4 Å². The van der Waals surface area contributed by atoms with Crippen LogP contribution in [-0.4, -0.2) is 25.0 Å². The van der Waals surface area contributed by atoms with Gasteiger partial charge in [-0.1, -0.05) is 0 Å². The molecule has 0 unspecified atom stereocenters. The Labute approximate surface area is 139 Å². The second-order valence-electron chi connectivity index (χ2n) is 4.40. The van der Waals surface area contributed by atoms with Gasteiger partial charge in [-0.2, -0.15) is 0 Å². The fourth-order valence-electron chi connectivity index (χ4n) is 1.75. The normalized spacial score (nSPS) is 9.33. The maximum Gasteiger partial charge on any atom is 0.269 e. The summed E-state index contributed by atoms with van der Waals surface area (Å²) in [6, 6.07) is 2.66. The number of carbonyl (C=O) groups excluding carboxylic acids is 2. The fourth-order valence-corrected chi connectivity index (χ4v) is 1.75. The summed E-state index contributed by atoms with van der Waals surface area (Å²) in [5.41, 5.74) is 4.16. The van der Waals surface area contributed by atoms with Gasteiger partial charge in [0.2, 0.25) is 0 Å². The molecule has 24 heavy (non-hydrogen) atoms. The Bertz CT molecular complexity index is 629. The molecule has 0 heterocycles. The Balaban J connectivity index is 3.30. The van der Waals surface area contributed by atoms with Crippen molar-refractivity contribution in [2.45, 2.75) is 12.8 Å². The topological polar surface area (TPSA) is 129 Å². The lowest BCUT2D eigenvalue weighted by Crippen LogP contribution is -2.32. The van der Waals surface area contributed by atoms with E-state index >= 15 is 0 Å². The Morgan fingerprint density at radius 3 is 1.58 bits per heavy atom. The molecule has 1 aromatic rings. The molecule has 0 aromatic heterocycles. The molecule has 0 aliphatic rings. The molecule has 0 radical (unpaired) electrons. The van der Waals surface area contributed by atoms with Crippen molar-refractivity contribution in [3.05, 3.63) is 23.3 Å². The van der Waals surface area contributed by atoms with Gasteiger partial charge in [0, 0.05) is 12.8 Å². The summed E-state index contributed by atoms with van der Waals surface area (Å²) in [5, 5.41) is 0. The number of terminal acetylenes is 2. The van der Waals surface area contributed by atoms with Gasteiger partial charge in [-0.25, -0.2) is 11.7 Å². The smallest absolute Gasteiger partial charge is 0.269 e. The molecule has 0 bridgehead atoms. The van der Waals surface area contributed by atoms with Crippen LogP contribution in [-0.2, 0) is 0 Å². The standard InChI is InChI=1S/C16H18N4O4/c1-3-5-7-23-13-9-12(16(22)20-18)14(24-8-6-4-2)10-11(13)15(21)19-17/h1-2,9-10H,5-8,17-18H2,(H,19,21)(H,20,22). The number of hydrazine groups is 2. The van der Waals surface area contributed by atoms with Gasteiger partial charge in [0.15, 0.2) is 0 Å². The maximum absolute atomic E-state index is 11.9. The van der Waals surface area contributed by atoms with Crippen molar-refractivity contribution in [1.29, 1.82) is 0 Å². The van der Waals surface area contributed by atoms with E-state index in [1.807, 2.05) is 10.9 Å². The fraction of sp³-hybridized carbons (Fsp3) is 0.250. The summed E-state index contributed by atoms with van der Waals surface area (Å²) in [7, 11) is 0. The van der Waals surface area contributed by atoms with Gasteiger partial charge in [0.25, 0.3) is 11.8 Å². The Hall–Kier alpha value is -3.20. The van der Waals surface area contributed by atoms with Gasteiger partial charge in [0.1, 0.15) is 11.5 Å². The largest absolute Gasteiger partial charge is 0.492 e. The predicted molar refractivity (Wildman–Crippen MR) is 87.6 cm³/mol. The molecular weight excluding hydrogens is 312 g/mol. The summed E-state index contributed by atoms with van der Waals surface area (Å²) < 4.78 is 10.9. The number of amides is 2. The first kappa shape index (κ1) is 18.8. The Kier molecular flexibility index (Phi) is 7.65. The lowest BCUT2D eigenvalue weighted by molar-refractivity contribution is 0.0934. The minimum Gasteiger partial charge on any atom is -0.492 e. The van der Waals surface area contributed by atoms with Crippen molar-refractivity contribution in [3.8, 4) is 36.2 Å². The third-order valence-corrected chi connectivity index (χ3v) is 2.84. The van der Waals surface area contributed by atoms with Crippen molar-refractivity contribution in [3.63, 3.8) is 0 Å². The van der Waals surface area contributed by atoms with Crippen molar-refractivity contribution in [1.82, 2.24) is 10.9 Å². The highest BCUT2D eigenvalue weighted by Gasteiger charge is 2.20. The molecule has 0 spiro atoms. The van der Waals surface area contributed by atoms with E-state index in [-0.39, 0.29) is 35.8 Å². The Morgan fingerprint density at radius 1 is 0.917 bits per heavy atom. The molecule has 0 saturated carbocycles. The van der Waals surface area contributed by atoms with Crippen LogP contribution in [0.2, 0.25) is 0 Å². The van der Waals surface area contributed by atoms with Crippen LogP contribution in [0.3, 0.4) is 0 Å². The van der Waals surface area contributed by atoms with Crippen LogP contribution in [0, 0.1) is 24.7 Å². The summed E-state index contributed by atoms with van der Waals surface area (Å²) in [6.07, 6.45) is 11.0. The van der Waals surface area contributed by atoms with E-state index in [1.165, 1.54) is 12.1 Å². The van der Waals surface area contributed by atoms with Crippen molar-refractivity contribution in [2.24, 2.45) is 11.7 Å². The summed E-state index contributed by atoms with van der Waals surface area (Å²) in [5.74, 6) is 14.1. The molecule has 1 rings (SSSR count). The molecule has 0 fully saturated rings. The first-order valence-corrected chi connectivity index (χ1v) is 6.91. The molecule has 0 aliphatic carbocycles. The number of benzene rings is 1. The van der Waals surface area contributed by atoms with Crippen LogP contribution in [0.5, 0.6) is 11.5 Å². The number of nitrogen functional groups attached to an aromatic ring is 2. The monoisotopic (exact) mass is 330 g/mol. The van der Waals surface area contributed by atoms with E-state index in [4.69, 9.17) is 34.0 Å². The number of ether oxygens (including phenoxy) is 2. The van der Waals surface area contributed by atoms with E-state index in [0.717, 1.165) is 0 Å². The Morgan fingerprint density at radius 2 is 1.29 bits per heavy atom. The van der Waals surface area contributed by atoms with Crippen molar-refractivity contribution in [2.75, 3.05) is 13.2 Å². The third-order valence-electron chi connectivity index (χ3n) is 2.84. The highest BCUT2D eigenvalue weighted by Crippen LogP contribution is 2.29. The van der Waals surface area contributed by atoms with Crippen molar-refractivity contribution < 1.29 is 19.1 Å². The molecule has 8 nitrogen and oxygen atoms in total. The highest BCUT2D eigenvalue weighted by molar-refractivity contribution is 6.02. The van der Waals surface area contributed by atoms with Crippen LogP contribution in [0.15, 0.2) is 12.1 Å². The molecular formula is C16H18N4O4. The average molecular weight is 330 g/mol. The predicted octanol–water partition coefficient (Wildman–Crippen LogP) is -0.302. The van der Waals surface area contributed by atoms with Gasteiger partial charge in [-0.05, 0) is 12.1 Å². The summed E-state index contributed by atoms with van der Waals surface area (Å²) in [4.78, 5) is 23.9. The summed E-state index contributed by atoms with van der Waals surface area (Å²) >= 11 is 0. The SMILES string of the molecule is C#CCCOc1cc(C(=O)NN)c(OCCC#C)cc1C(=O)NN. The molecule has 6 N–H and O–H groups in total. The number of rotatable bonds is 8. The van der Waals surface area contributed by atoms with E-state index in [9.17, 15) is 9.59 Å². The quantitative estimate of drug-likeness (QED) is 0.170. The average Bonchev–Trinajstić information content (AvgIpc) is 2.61. The first-order chi connectivity index (χ1) is 11.6. The zero-order chi connectivity index (χ0) is 17.9. The van der Waals surface area contributed by atoms with Crippen LogP contribution in [0.25, 0.3) is 0 Å². The van der Waals surface area contributed by atoms with Crippen molar-refractivity contribution >= 4 is 11.8 Å². The third kappa shape index (κ3) is 4.92. The molecule has 2 amide bonds. The zero-order valence-corrected chi connectivity index (χ0v) is 12.9. The molecule has 0 atom stereocenters. The van der Waals surface area contributed by atoms with E-state index in [1.54, 1.807) is 0 Å². The molecule has 126 valence electrons.